The largest absolute Gasteiger partial charge is 0.325 e. The third-order valence-electron chi connectivity index (χ3n) is 2.34. The standard InChI is InChI=1S/C12H17BrN2O/c1-4-15(5-2)12(16)14-11-7-9(3)6-10(13)8-11/h6-8H,4-5H2,1-3H3,(H,14,16). The van der Waals surface area contributed by atoms with Gasteiger partial charge < -0.3 is 10.2 Å². The van der Waals surface area contributed by atoms with E-state index in [1.165, 1.54) is 0 Å². The number of anilines is 1. The van der Waals surface area contributed by atoms with E-state index in [2.05, 4.69) is 21.2 Å². The summed E-state index contributed by atoms with van der Waals surface area (Å²) in [6.07, 6.45) is 0. The highest BCUT2D eigenvalue weighted by atomic mass is 79.9. The highest BCUT2D eigenvalue weighted by molar-refractivity contribution is 9.10. The first-order chi connectivity index (χ1) is 7.56. The summed E-state index contributed by atoms with van der Waals surface area (Å²) in [5.41, 5.74) is 1.94. The Morgan fingerprint density at radius 2 is 1.94 bits per heavy atom. The number of hydrogen-bond acceptors (Lipinski definition) is 1. The number of carbonyl (C=O) groups is 1. The van der Waals surface area contributed by atoms with Gasteiger partial charge in [-0.25, -0.2) is 4.79 Å². The minimum atomic E-state index is -0.0532. The first-order valence-corrected chi connectivity index (χ1v) is 6.19. The number of benzene rings is 1. The van der Waals surface area contributed by atoms with Crippen LogP contribution in [0.4, 0.5) is 10.5 Å². The minimum Gasteiger partial charge on any atom is -0.325 e. The van der Waals surface area contributed by atoms with E-state index in [0.29, 0.717) is 0 Å². The number of nitrogens with one attached hydrogen (secondary N) is 1. The van der Waals surface area contributed by atoms with Crippen molar-refractivity contribution >= 4 is 27.6 Å². The lowest BCUT2D eigenvalue weighted by Crippen LogP contribution is -2.34. The van der Waals surface area contributed by atoms with Gasteiger partial charge in [0.2, 0.25) is 0 Å². The molecule has 0 aromatic heterocycles. The van der Waals surface area contributed by atoms with E-state index < -0.39 is 0 Å². The average Bonchev–Trinajstić information content (AvgIpc) is 2.17. The van der Waals surface area contributed by atoms with Crippen molar-refractivity contribution in [2.24, 2.45) is 0 Å². The molecule has 1 rings (SSSR count). The Morgan fingerprint density at radius 1 is 1.31 bits per heavy atom. The van der Waals surface area contributed by atoms with Gasteiger partial charge in [0, 0.05) is 23.2 Å². The molecule has 0 unspecified atom stereocenters. The fourth-order valence-corrected chi connectivity index (χ4v) is 2.13. The molecule has 0 aliphatic rings. The predicted octanol–water partition coefficient (Wildman–Crippen LogP) is 3.63. The van der Waals surface area contributed by atoms with Crippen LogP contribution in [-0.4, -0.2) is 24.0 Å². The zero-order valence-corrected chi connectivity index (χ0v) is 11.5. The Hall–Kier alpha value is -1.03. The summed E-state index contributed by atoms with van der Waals surface area (Å²) in [6.45, 7) is 7.37. The van der Waals surface area contributed by atoms with Gasteiger partial charge in [-0.2, -0.15) is 0 Å². The second-order valence-corrected chi connectivity index (χ2v) is 4.54. The Balaban J connectivity index is 2.76. The molecule has 0 aliphatic carbocycles. The van der Waals surface area contributed by atoms with Crippen LogP contribution in [0.3, 0.4) is 0 Å². The van der Waals surface area contributed by atoms with Crippen LogP contribution in [0.5, 0.6) is 0 Å². The van der Waals surface area contributed by atoms with Crippen LogP contribution >= 0.6 is 15.9 Å². The minimum absolute atomic E-state index is 0.0532. The topological polar surface area (TPSA) is 32.3 Å². The van der Waals surface area contributed by atoms with Crippen molar-refractivity contribution in [1.29, 1.82) is 0 Å². The Bertz CT molecular complexity index is 355. The number of hydrogen-bond donors (Lipinski definition) is 1. The second kappa shape index (κ2) is 5.89. The van der Waals surface area contributed by atoms with Crippen LogP contribution in [-0.2, 0) is 0 Å². The lowest BCUT2D eigenvalue weighted by molar-refractivity contribution is 0.217. The summed E-state index contributed by atoms with van der Waals surface area (Å²) in [5, 5.41) is 2.88. The summed E-state index contributed by atoms with van der Waals surface area (Å²) >= 11 is 3.41. The summed E-state index contributed by atoms with van der Waals surface area (Å²) < 4.78 is 0.974. The fraction of sp³-hybridized carbons (Fsp3) is 0.417. The Kier molecular flexibility index (Phi) is 4.80. The third kappa shape index (κ3) is 3.52. The van der Waals surface area contributed by atoms with Crippen molar-refractivity contribution in [2.45, 2.75) is 20.8 Å². The Morgan fingerprint density at radius 3 is 2.44 bits per heavy atom. The monoisotopic (exact) mass is 284 g/mol. The molecule has 1 N–H and O–H groups in total. The van der Waals surface area contributed by atoms with Gasteiger partial charge in [-0.3, -0.25) is 0 Å². The number of halogens is 1. The molecule has 4 heteroatoms. The van der Waals surface area contributed by atoms with Crippen LogP contribution in [0.1, 0.15) is 19.4 Å². The molecule has 1 aromatic rings. The molecule has 0 saturated carbocycles. The molecule has 0 aliphatic heterocycles. The van der Waals surface area contributed by atoms with Crippen LogP contribution in [0.25, 0.3) is 0 Å². The highest BCUT2D eigenvalue weighted by Crippen LogP contribution is 2.19. The van der Waals surface area contributed by atoms with E-state index in [-0.39, 0.29) is 6.03 Å². The number of carbonyl (C=O) groups excluding carboxylic acids is 1. The van der Waals surface area contributed by atoms with Crippen LogP contribution < -0.4 is 5.32 Å². The fourth-order valence-electron chi connectivity index (χ4n) is 1.52. The van der Waals surface area contributed by atoms with Gasteiger partial charge in [-0.05, 0) is 44.5 Å². The molecule has 88 valence electrons. The molecule has 0 spiro atoms. The maximum Gasteiger partial charge on any atom is 0.321 e. The summed E-state index contributed by atoms with van der Waals surface area (Å²) in [5.74, 6) is 0. The second-order valence-electron chi connectivity index (χ2n) is 3.62. The summed E-state index contributed by atoms with van der Waals surface area (Å²) in [6, 6.07) is 5.80. The van der Waals surface area contributed by atoms with E-state index in [1.54, 1.807) is 4.90 Å². The zero-order chi connectivity index (χ0) is 12.1. The number of nitrogens with zero attached hydrogens (tertiary/aromatic N) is 1. The van der Waals surface area contributed by atoms with Gasteiger partial charge >= 0.3 is 6.03 Å². The highest BCUT2D eigenvalue weighted by Gasteiger charge is 2.09. The molecular formula is C12H17BrN2O. The van der Waals surface area contributed by atoms with Crippen LogP contribution in [0.2, 0.25) is 0 Å². The molecule has 0 bridgehead atoms. The van der Waals surface area contributed by atoms with Crippen molar-refractivity contribution in [3.63, 3.8) is 0 Å². The van der Waals surface area contributed by atoms with E-state index in [4.69, 9.17) is 0 Å². The van der Waals surface area contributed by atoms with Crippen molar-refractivity contribution in [3.05, 3.63) is 28.2 Å². The van der Waals surface area contributed by atoms with Crippen molar-refractivity contribution < 1.29 is 4.79 Å². The lowest BCUT2D eigenvalue weighted by Gasteiger charge is -2.19. The molecule has 0 radical (unpaired) electrons. The first-order valence-electron chi connectivity index (χ1n) is 5.40. The molecule has 0 fully saturated rings. The van der Waals surface area contributed by atoms with Crippen LogP contribution in [0.15, 0.2) is 22.7 Å². The quantitative estimate of drug-likeness (QED) is 0.903. The number of rotatable bonds is 3. The van der Waals surface area contributed by atoms with Gasteiger partial charge in [-0.1, -0.05) is 15.9 Å². The third-order valence-corrected chi connectivity index (χ3v) is 2.80. The molecular weight excluding hydrogens is 268 g/mol. The van der Waals surface area contributed by atoms with E-state index in [1.807, 2.05) is 39.0 Å². The van der Waals surface area contributed by atoms with Crippen LogP contribution in [0, 0.1) is 6.92 Å². The van der Waals surface area contributed by atoms with Gasteiger partial charge in [0.05, 0.1) is 0 Å². The first kappa shape index (κ1) is 13.0. The summed E-state index contributed by atoms with van der Waals surface area (Å²) in [7, 11) is 0. The maximum atomic E-state index is 11.8. The molecule has 0 atom stereocenters. The molecule has 1 aromatic carbocycles. The molecule has 3 nitrogen and oxygen atoms in total. The Labute approximate surface area is 105 Å². The molecule has 2 amide bonds. The smallest absolute Gasteiger partial charge is 0.321 e. The molecule has 0 heterocycles. The van der Waals surface area contributed by atoms with Crippen molar-refractivity contribution in [1.82, 2.24) is 4.90 Å². The SMILES string of the molecule is CCN(CC)C(=O)Nc1cc(C)cc(Br)c1. The molecule has 16 heavy (non-hydrogen) atoms. The van der Waals surface area contributed by atoms with Gasteiger partial charge in [-0.15, -0.1) is 0 Å². The lowest BCUT2D eigenvalue weighted by atomic mass is 10.2. The summed E-state index contributed by atoms with van der Waals surface area (Å²) in [4.78, 5) is 13.5. The average molecular weight is 285 g/mol. The van der Waals surface area contributed by atoms with Gasteiger partial charge in [0.15, 0.2) is 0 Å². The van der Waals surface area contributed by atoms with Gasteiger partial charge in [0.1, 0.15) is 0 Å². The number of urea groups is 1. The molecule has 0 saturated heterocycles. The number of amides is 2. The van der Waals surface area contributed by atoms with E-state index >= 15 is 0 Å². The number of aryl methyl sites for hydroxylation is 1. The van der Waals surface area contributed by atoms with E-state index in [9.17, 15) is 4.79 Å². The predicted molar refractivity (Wildman–Crippen MR) is 70.8 cm³/mol. The van der Waals surface area contributed by atoms with Crippen molar-refractivity contribution in [3.8, 4) is 0 Å². The van der Waals surface area contributed by atoms with Gasteiger partial charge in [0.25, 0.3) is 0 Å². The maximum absolute atomic E-state index is 11.8. The normalized spacial score (nSPS) is 10.0. The van der Waals surface area contributed by atoms with Crippen molar-refractivity contribution in [2.75, 3.05) is 18.4 Å². The van der Waals surface area contributed by atoms with E-state index in [0.717, 1.165) is 28.8 Å². The zero-order valence-electron chi connectivity index (χ0n) is 9.88.